The molecule has 1 fully saturated rings. The third-order valence-corrected chi connectivity index (χ3v) is 4.57. The Morgan fingerprint density at radius 3 is 2.79 bits per heavy atom. The minimum atomic E-state index is 0.389. The van der Waals surface area contributed by atoms with Gasteiger partial charge >= 0.3 is 0 Å². The first-order valence-electron chi connectivity index (χ1n) is 6.67. The Morgan fingerprint density at radius 1 is 1.32 bits per heavy atom. The van der Waals surface area contributed by atoms with Crippen LogP contribution >= 0.6 is 11.3 Å². The highest BCUT2D eigenvalue weighted by atomic mass is 32.1. The van der Waals surface area contributed by atoms with Crippen molar-refractivity contribution in [3.8, 4) is 10.4 Å². The summed E-state index contributed by atoms with van der Waals surface area (Å²) < 4.78 is 1.81. The molecule has 3 N–H and O–H groups in total. The molecule has 0 amide bonds. The molecular formula is C13H19N5S. The lowest BCUT2D eigenvalue weighted by molar-refractivity contribution is 0.411. The zero-order chi connectivity index (χ0) is 13.2. The molecule has 0 radical (unpaired) electrons. The summed E-state index contributed by atoms with van der Waals surface area (Å²) in [6.45, 7) is 0. The average molecular weight is 277 g/mol. The van der Waals surface area contributed by atoms with E-state index in [1.54, 1.807) is 11.3 Å². The van der Waals surface area contributed by atoms with Gasteiger partial charge in [-0.15, -0.1) is 0 Å². The van der Waals surface area contributed by atoms with Crippen molar-refractivity contribution in [1.82, 2.24) is 14.8 Å². The molecule has 0 aromatic carbocycles. The minimum Gasteiger partial charge on any atom is -0.359 e. The molecule has 5 nitrogen and oxygen atoms in total. The summed E-state index contributed by atoms with van der Waals surface area (Å²) >= 11 is 1.69. The summed E-state index contributed by atoms with van der Waals surface area (Å²) in [6.07, 6.45) is 10.3. The molecule has 0 unspecified atom stereocenters. The number of anilines is 1. The van der Waals surface area contributed by atoms with E-state index in [-0.39, 0.29) is 0 Å². The quantitative estimate of drug-likeness (QED) is 0.902. The van der Waals surface area contributed by atoms with Gasteiger partial charge in [-0.3, -0.25) is 4.68 Å². The largest absolute Gasteiger partial charge is 0.359 e. The summed E-state index contributed by atoms with van der Waals surface area (Å²) in [6, 6.07) is 0.910. The Balaban J connectivity index is 1.65. The summed E-state index contributed by atoms with van der Waals surface area (Å²) in [5.41, 5.74) is 7.05. The predicted octanol–water partition coefficient (Wildman–Crippen LogP) is 2.23. The Hall–Kier alpha value is -1.40. The highest BCUT2D eigenvalue weighted by molar-refractivity contribution is 7.18. The van der Waals surface area contributed by atoms with E-state index in [2.05, 4.69) is 15.4 Å². The molecule has 19 heavy (non-hydrogen) atoms. The molecule has 2 heterocycles. The summed E-state index contributed by atoms with van der Waals surface area (Å²) in [7, 11) is 1.93. The molecule has 2 aromatic rings. The van der Waals surface area contributed by atoms with Crippen LogP contribution in [0.4, 0.5) is 5.13 Å². The first-order chi connectivity index (χ1) is 9.20. The van der Waals surface area contributed by atoms with Gasteiger partial charge in [0.05, 0.1) is 11.1 Å². The van der Waals surface area contributed by atoms with Crippen LogP contribution in [0.1, 0.15) is 25.7 Å². The van der Waals surface area contributed by atoms with E-state index in [4.69, 9.17) is 5.73 Å². The number of nitrogens with two attached hydrogens (primary N) is 1. The topological polar surface area (TPSA) is 68.8 Å². The van der Waals surface area contributed by atoms with Gasteiger partial charge in [-0.25, -0.2) is 4.98 Å². The number of aromatic nitrogens is 3. The Labute approximate surface area is 116 Å². The van der Waals surface area contributed by atoms with E-state index in [1.165, 1.54) is 0 Å². The third kappa shape index (κ3) is 2.96. The second-order valence-electron chi connectivity index (χ2n) is 5.19. The summed E-state index contributed by atoms with van der Waals surface area (Å²) in [5, 5.41) is 8.71. The lowest BCUT2D eigenvalue weighted by Crippen LogP contribution is -2.32. The van der Waals surface area contributed by atoms with Crippen molar-refractivity contribution < 1.29 is 0 Å². The molecule has 3 rings (SSSR count). The van der Waals surface area contributed by atoms with E-state index in [1.807, 2.05) is 30.3 Å². The first-order valence-corrected chi connectivity index (χ1v) is 7.49. The van der Waals surface area contributed by atoms with E-state index in [0.717, 1.165) is 41.3 Å². The molecule has 0 saturated heterocycles. The van der Waals surface area contributed by atoms with Crippen LogP contribution in [-0.4, -0.2) is 26.8 Å². The Kier molecular flexibility index (Phi) is 3.52. The van der Waals surface area contributed by atoms with Crippen LogP contribution in [0.2, 0.25) is 0 Å². The molecule has 1 aliphatic rings. The smallest absolute Gasteiger partial charge is 0.183 e. The lowest BCUT2D eigenvalue weighted by atomic mass is 9.92. The fourth-order valence-corrected chi connectivity index (χ4v) is 3.33. The number of aryl methyl sites for hydroxylation is 1. The molecule has 1 saturated carbocycles. The van der Waals surface area contributed by atoms with Crippen LogP contribution in [0.15, 0.2) is 18.6 Å². The predicted molar refractivity (Wildman–Crippen MR) is 78.2 cm³/mol. The molecular weight excluding hydrogens is 258 g/mol. The summed E-state index contributed by atoms with van der Waals surface area (Å²) in [5.74, 6) is 0. The van der Waals surface area contributed by atoms with Crippen LogP contribution in [-0.2, 0) is 7.05 Å². The number of hydrogen-bond acceptors (Lipinski definition) is 5. The van der Waals surface area contributed by atoms with Crippen molar-refractivity contribution >= 4 is 16.5 Å². The van der Waals surface area contributed by atoms with E-state index in [9.17, 15) is 0 Å². The standard InChI is InChI=1S/C13H19N5S/c1-18-8-9(6-16-18)12-7-15-13(19-12)17-11-4-2-10(14)3-5-11/h6-8,10-11H,2-5,14H2,1H3,(H,15,17). The van der Waals surface area contributed by atoms with Gasteiger partial charge in [-0.2, -0.15) is 5.10 Å². The van der Waals surface area contributed by atoms with Crippen LogP contribution in [0, 0.1) is 0 Å². The maximum Gasteiger partial charge on any atom is 0.183 e. The fourth-order valence-electron chi connectivity index (χ4n) is 2.46. The van der Waals surface area contributed by atoms with Crippen LogP contribution < -0.4 is 11.1 Å². The van der Waals surface area contributed by atoms with Gasteiger partial charge in [0, 0.05) is 37.1 Å². The molecule has 0 spiro atoms. The molecule has 0 aliphatic heterocycles. The molecule has 0 bridgehead atoms. The lowest BCUT2D eigenvalue weighted by Gasteiger charge is -2.26. The first kappa shape index (κ1) is 12.6. The Morgan fingerprint density at radius 2 is 2.11 bits per heavy atom. The zero-order valence-corrected chi connectivity index (χ0v) is 11.9. The molecule has 0 atom stereocenters. The van der Waals surface area contributed by atoms with Crippen LogP contribution in [0.25, 0.3) is 10.4 Å². The maximum absolute atomic E-state index is 5.92. The second-order valence-corrected chi connectivity index (χ2v) is 6.22. The molecule has 1 aliphatic carbocycles. The number of thiazole rings is 1. The van der Waals surface area contributed by atoms with Crippen molar-refractivity contribution in [2.75, 3.05) is 5.32 Å². The van der Waals surface area contributed by atoms with Crippen molar-refractivity contribution in [2.24, 2.45) is 12.8 Å². The van der Waals surface area contributed by atoms with E-state index in [0.29, 0.717) is 12.1 Å². The van der Waals surface area contributed by atoms with Crippen molar-refractivity contribution in [3.05, 3.63) is 18.6 Å². The monoisotopic (exact) mass is 277 g/mol. The molecule has 102 valence electrons. The average Bonchev–Trinajstić information content (AvgIpc) is 3.01. The SMILES string of the molecule is Cn1cc(-c2cnc(NC3CCC(N)CC3)s2)cn1. The zero-order valence-electron chi connectivity index (χ0n) is 11.0. The summed E-state index contributed by atoms with van der Waals surface area (Å²) in [4.78, 5) is 5.61. The van der Waals surface area contributed by atoms with Gasteiger partial charge in [0.25, 0.3) is 0 Å². The highest BCUT2D eigenvalue weighted by Crippen LogP contribution is 2.30. The highest BCUT2D eigenvalue weighted by Gasteiger charge is 2.19. The third-order valence-electron chi connectivity index (χ3n) is 3.59. The van der Waals surface area contributed by atoms with Gasteiger partial charge in [-0.1, -0.05) is 11.3 Å². The van der Waals surface area contributed by atoms with Crippen LogP contribution in [0.3, 0.4) is 0 Å². The fraction of sp³-hybridized carbons (Fsp3) is 0.538. The maximum atomic E-state index is 5.92. The van der Waals surface area contributed by atoms with Crippen molar-refractivity contribution in [2.45, 2.75) is 37.8 Å². The minimum absolute atomic E-state index is 0.389. The van der Waals surface area contributed by atoms with Gasteiger partial charge in [0.15, 0.2) is 5.13 Å². The second kappa shape index (κ2) is 5.30. The molecule has 2 aromatic heterocycles. The van der Waals surface area contributed by atoms with Crippen molar-refractivity contribution in [1.29, 1.82) is 0 Å². The number of hydrogen-bond donors (Lipinski definition) is 2. The van der Waals surface area contributed by atoms with Crippen LogP contribution in [0.5, 0.6) is 0 Å². The number of nitrogens with zero attached hydrogens (tertiary/aromatic N) is 3. The van der Waals surface area contributed by atoms with Gasteiger partial charge in [0.1, 0.15) is 0 Å². The van der Waals surface area contributed by atoms with Gasteiger partial charge < -0.3 is 11.1 Å². The van der Waals surface area contributed by atoms with E-state index < -0.39 is 0 Å². The molecule has 6 heteroatoms. The van der Waals surface area contributed by atoms with Gasteiger partial charge in [-0.05, 0) is 25.7 Å². The number of rotatable bonds is 3. The van der Waals surface area contributed by atoms with E-state index >= 15 is 0 Å². The van der Waals surface area contributed by atoms with Crippen molar-refractivity contribution in [3.63, 3.8) is 0 Å². The Bertz CT molecular complexity index is 539. The number of nitrogens with one attached hydrogen (secondary N) is 1. The normalized spacial score (nSPS) is 23.5. The van der Waals surface area contributed by atoms with Gasteiger partial charge in [0.2, 0.25) is 0 Å².